The number of hydrogen-bond donors (Lipinski definition) is 1. The van der Waals surface area contributed by atoms with E-state index in [1.54, 1.807) is 31.6 Å². The molecule has 4 heteroatoms. The van der Waals surface area contributed by atoms with E-state index in [1.165, 1.54) is 0 Å². The van der Waals surface area contributed by atoms with Crippen LogP contribution in [0.4, 0.5) is 5.82 Å². The van der Waals surface area contributed by atoms with Gasteiger partial charge in [-0.2, -0.15) is 5.26 Å². The van der Waals surface area contributed by atoms with Crippen LogP contribution in [0.1, 0.15) is 5.56 Å². The van der Waals surface area contributed by atoms with Gasteiger partial charge in [0, 0.05) is 12.6 Å². The van der Waals surface area contributed by atoms with E-state index in [-0.39, 0.29) is 0 Å². The maximum absolute atomic E-state index is 8.81. The number of nitrogens with one attached hydrogen (secondary N) is 1. The minimum Gasteiger partial charge on any atom is -0.372 e. The molecule has 0 fully saturated rings. The van der Waals surface area contributed by atoms with E-state index in [1.807, 2.05) is 12.1 Å². The lowest BCUT2D eigenvalue weighted by molar-refractivity contribution is 1.19. The highest BCUT2D eigenvalue weighted by Crippen LogP contribution is 2.18. The molecule has 2 aromatic rings. The van der Waals surface area contributed by atoms with Crippen molar-refractivity contribution >= 4 is 5.82 Å². The van der Waals surface area contributed by atoms with Crippen LogP contribution in [0.5, 0.6) is 0 Å². The number of nitriles is 1. The molecule has 0 atom stereocenters. The molecular weight excluding hydrogens is 200 g/mol. The molecule has 78 valence electrons. The van der Waals surface area contributed by atoms with Crippen LogP contribution in [0.25, 0.3) is 11.3 Å². The van der Waals surface area contributed by atoms with Crippen molar-refractivity contribution in [2.24, 2.45) is 0 Å². The summed E-state index contributed by atoms with van der Waals surface area (Å²) in [6, 6.07) is 9.40. The van der Waals surface area contributed by atoms with Crippen molar-refractivity contribution in [3.8, 4) is 17.3 Å². The lowest BCUT2D eigenvalue weighted by Crippen LogP contribution is -1.95. The van der Waals surface area contributed by atoms with Crippen molar-refractivity contribution in [1.29, 1.82) is 5.26 Å². The Morgan fingerprint density at radius 1 is 1.31 bits per heavy atom. The van der Waals surface area contributed by atoms with Gasteiger partial charge in [0.2, 0.25) is 0 Å². The van der Waals surface area contributed by atoms with Gasteiger partial charge < -0.3 is 5.32 Å². The minimum absolute atomic E-state index is 0.620. The molecule has 0 amide bonds. The second-order valence-corrected chi connectivity index (χ2v) is 3.23. The number of hydrogen-bond acceptors (Lipinski definition) is 4. The average Bonchev–Trinajstić information content (AvgIpc) is 2.39. The number of nitrogens with zero attached hydrogens (tertiary/aromatic N) is 3. The number of benzene rings is 1. The average molecular weight is 210 g/mol. The van der Waals surface area contributed by atoms with Gasteiger partial charge in [0.1, 0.15) is 5.82 Å². The molecule has 16 heavy (non-hydrogen) atoms. The fraction of sp³-hybridized carbons (Fsp3) is 0.0833. The first-order chi connectivity index (χ1) is 7.83. The van der Waals surface area contributed by atoms with E-state index < -0.39 is 0 Å². The van der Waals surface area contributed by atoms with E-state index in [2.05, 4.69) is 21.4 Å². The van der Waals surface area contributed by atoms with Crippen molar-refractivity contribution in [2.75, 3.05) is 12.4 Å². The smallest absolute Gasteiger partial charge is 0.144 e. The monoisotopic (exact) mass is 210 g/mol. The summed E-state index contributed by atoms with van der Waals surface area (Å²) >= 11 is 0. The lowest BCUT2D eigenvalue weighted by atomic mass is 10.1. The number of anilines is 1. The third kappa shape index (κ3) is 1.98. The molecule has 0 saturated heterocycles. The molecule has 4 nitrogen and oxygen atoms in total. The van der Waals surface area contributed by atoms with Gasteiger partial charge in [-0.05, 0) is 12.1 Å². The summed E-state index contributed by atoms with van der Waals surface area (Å²) in [4.78, 5) is 8.43. The Balaban J connectivity index is 2.46. The first kappa shape index (κ1) is 10.1. The Morgan fingerprint density at radius 3 is 2.94 bits per heavy atom. The molecule has 0 aliphatic rings. The summed E-state index contributed by atoms with van der Waals surface area (Å²) < 4.78 is 0. The van der Waals surface area contributed by atoms with Crippen molar-refractivity contribution in [1.82, 2.24) is 9.97 Å². The maximum atomic E-state index is 8.81. The molecule has 2 rings (SSSR count). The van der Waals surface area contributed by atoms with Gasteiger partial charge in [-0.3, -0.25) is 4.98 Å². The van der Waals surface area contributed by atoms with Crippen molar-refractivity contribution in [2.45, 2.75) is 0 Å². The minimum atomic E-state index is 0.620. The molecule has 1 aromatic heterocycles. The van der Waals surface area contributed by atoms with Crippen LogP contribution in [-0.2, 0) is 0 Å². The van der Waals surface area contributed by atoms with Gasteiger partial charge >= 0.3 is 0 Å². The molecule has 0 aliphatic carbocycles. The highest BCUT2D eigenvalue weighted by molar-refractivity contribution is 5.61. The largest absolute Gasteiger partial charge is 0.372 e. The summed E-state index contributed by atoms with van der Waals surface area (Å²) in [7, 11) is 1.79. The van der Waals surface area contributed by atoms with E-state index in [4.69, 9.17) is 5.26 Å². The van der Waals surface area contributed by atoms with Crippen LogP contribution >= 0.6 is 0 Å². The first-order valence-corrected chi connectivity index (χ1v) is 4.84. The first-order valence-electron chi connectivity index (χ1n) is 4.84. The van der Waals surface area contributed by atoms with Gasteiger partial charge in [0.15, 0.2) is 0 Å². The summed E-state index contributed by atoms with van der Waals surface area (Å²) in [5.41, 5.74) is 2.27. The third-order valence-corrected chi connectivity index (χ3v) is 2.18. The molecule has 1 heterocycles. The van der Waals surface area contributed by atoms with Crippen LogP contribution in [0.2, 0.25) is 0 Å². The third-order valence-electron chi connectivity index (χ3n) is 2.18. The molecule has 0 saturated carbocycles. The number of rotatable bonds is 2. The number of aromatic nitrogens is 2. The highest BCUT2D eigenvalue weighted by atomic mass is 15.0. The zero-order valence-corrected chi connectivity index (χ0v) is 8.81. The second-order valence-electron chi connectivity index (χ2n) is 3.23. The summed E-state index contributed by atoms with van der Waals surface area (Å²) in [6.45, 7) is 0. The molecule has 0 unspecified atom stereocenters. The summed E-state index contributed by atoms with van der Waals surface area (Å²) in [6.07, 6.45) is 3.33. The normalized spacial score (nSPS) is 9.50. The zero-order chi connectivity index (χ0) is 11.4. The molecule has 0 bridgehead atoms. The molecule has 1 N–H and O–H groups in total. The molecule has 0 aliphatic heterocycles. The van der Waals surface area contributed by atoms with Gasteiger partial charge in [-0.25, -0.2) is 4.98 Å². The fourth-order valence-corrected chi connectivity index (χ4v) is 1.37. The van der Waals surface area contributed by atoms with Crippen molar-refractivity contribution in [3.63, 3.8) is 0 Å². The van der Waals surface area contributed by atoms with Crippen molar-refractivity contribution < 1.29 is 0 Å². The summed E-state index contributed by atoms with van der Waals surface area (Å²) in [5.74, 6) is 0.708. The van der Waals surface area contributed by atoms with Crippen LogP contribution < -0.4 is 5.32 Å². The zero-order valence-electron chi connectivity index (χ0n) is 8.81. The van der Waals surface area contributed by atoms with Gasteiger partial charge in [-0.1, -0.05) is 12.1 Å². The predicted molar refractivity (Wildman–Crippen MR) is 61.7 cm³/mol. The highest BCUT2D eigenvalue weighted by Gasteiger charge is 2.01. The lowest BCUT2D eigenvalue weighted by Gasteiger charge is -2.03. The van der Waals surface area contributed by atoms with E-state index in [9.17, 15) is 0 Å². The van der Waals surface area contributed by atoms with E-state index >= 15 is 0 Å². The topological polar surface area (TPSA) is 61.6 Å². The van der Waals surface area contributed by atoms with Crippen LogP contribution in [0, 0.1) is 11.3 Å². The van der Waals surface area contributed by atoms with Crippen LogP contribution in [-0.4, -0.2) is 17.0 Å². The Bertz CT molecular complexity index is 543. The fourth-order valence-electron chi connectivity index (χ4n) is 1.37. The Hall–Kier alpha value is -2.41. The molecular formula is C12H10N4. The van der Waals surface area contributed by atoms with Crippen LogP contribution in [0.15, 0.2) is 36.7 Å². The molecule has 1 aromatic carbocycles. The Labute approximate surface area is 93.6 Å². The Morgan fingerprint density at radius 2 is 2.19 bits per heavy atom. The van der Waals surface area contributed by atoms with Crippen LogP contribution in [0.3, 0.4) is 0 Å². The van der Waals surface area contributed by atoms with Gasteiger partial charge in [0.05, 0.1) is 29.7 Å². The van der Waals surface area contributed by atoms with Gasteiger partial charge in [-0.15, -0.1) is 0 Å². The Kier molecular flexibility index (Phi) is 2.79. The summed E-state index contributed by atoms with van der Waals surface area (Å²) in [5, 5.41) is 11.7. The molecule has 0 spiro atoms. The predicted octanol–water partition coefficient (Wildman–Crippen LogP) is 2.06. The SMILES string of the molecule is CNc1cncc(-c2cccc(C#N)c2)n1. The maximum Gasteiger partial charge on any atom is 0.144 e. The quantitative estimate of drug-likeness (QED) is 0.824. The second kappa shape index (κ2) is 4.41. The van der Waals surface area contributed by atoms with Gasteiger partial charge in [0.25, 0.3) is 0 Å². The van der Waals surface area contributed by atoms with E-state index in [0.29, 0.717) is 11.4 Å². The van der Waals surface area contributed by atoms with Crippen molar-refractivity contribution in [3.05, 3.63) is 42.2 Å². The standard InChI is InChI=1S/C12H10N4/c1-14-12-8-15-7-11(16-12)10-4-2-3-9(5-10)6-13/h2-5,7-8H,1H3,(H,14,16). The molecule has 0 radical (unpaired) electrons. The van der Waals surface area contributed by atoms with E-state index in [0.717, 1.165) is 11.3 Å².